The summed E-state index contributed by atoms with van der Waals surface area (Å²) in [5.74, 6) is -0.942. The van der Waals surface area contributed by atoms with Gasteiger partial charge in [-0.25, -0.2) is 13.6 Å². The van der Waals surface area contributed by atoms with E-state index < -0.39 is 23.7 Å². The van der Waals surface area contributed by atoms with Crippen molar-refractivity contribution in [2.24, 2.45) is 0 Å². The molecule has 0 bridgehead atoms. The van der Waals surface area contributed by atoms with Crippen LogP contribution in [0.3, 0.4) is 0 Å². The number of esters is 1. The zero-order valence-electron chi connectivity index (χ0n) is 10.2. The SMILES string of the molecule is CCOC(=O)c1c(C(F)F)ncc(OC)c1OC. The van der Waals surface area contributed by atoms with Crippen LogP contribution in [0.2, 0.25) is 0 Å². The molecule has 7 heteroatoms. The van der Waals surface area contributed by atoms with Crippen molar-refractivity contribution in [2.45, 2.75) is 13.3 Å². The summed E-state index contributed by atoms with van der Waals surface area (Å²) in [6.45, 7) is 1.63. The van der Waals surface area contributed by atoms with E-state index in [4.69, 9.17) is 14.2 Å². The Balaban J connectivity index is 3.43. The molecule has 0 radical (unpaired) electrons. The molecule has 0 aliphatic carbocycles. The number of alkyl halides is 2. The lowest BCUT2D eigenvalue weighted by molar-refractivity contribution is 0.0508. The van der Waals surface area contributed by atoms with Gasteiger partial charge in [-0.05, 0) is 6.92 Å². The Labute approximate surface area is 103 Å². The predicted molar refractivity (Wildman–Crippen MR) is 58.3 cm³/mol. The molecule has 1 rings (SSSR count). The van der Waals surface area contributed by atoms with Gasteiger partial charge in [-0.1, -0.05) is 0 Å². The van der Waals surface area contributed by atoms with Crippen molar-refractivity contribution in [1.82, 2.24) is 4.98 Å². The van der Waals surface area contributed by atoms with Crippen LogP contribution in [0.4, 0.5) is 8.78 Å². The number of halogens is 2. The topological polar surface area (TPSA) is 57.7 Å². The number of carbonyl (C=O) groups excluding carboxylic acids is 1. The number of hydrogen-bond donors (Lipinski definition) is 0. The molecule has 0 N–H and O–H groups in total. The van der Waals surface area contributed by atoms with Gasteiger partial charge in [0.05, 0.1) is 27.0 Å². The number of hydrogen-bond acceptors (Lipinski definition) is 5. The van der Waals surface area contributed by atoms with Crippen LogP contribution in [0.1, 0.15) is 29.4 Å². The Morgan fingerprint density at radius 1 is 1.39 bits per heavy atom. The number of nitrogens with zero attached hydrogens (tertiary/aromatic N) is 1. The zero-order valence-corrected chi connectivity index (χ0v) is 10.2. The monoisotopic (exact) mass is 261 g/mol. The molecular formula is C11H13F2NO4. The summed E-state index contributed by atoms with van der Waals surface area (Å²) in [5.41, 5.74) is -1.10. The first-order valence-corrected chi connectivity index (χ1v) is 5.12. The molecule has 0 atom stereocenters. The first kappa shape index (κ1) is 14.1. The zero-order chi connectivity index (χ0) is 13.7. The Kier molecular flexibility index (Phi) is 4.82. The van der Waals surface area contributed by atoms with Crippen molar-refractivity contribution < 1.29 is 27.8 Å². The van der Waals surface area contributed by atoms with Crippen LogP contribution in [0.15, 0.2) is 6.20 Å². The van der Waals surface area contributed by atoms with E-state index in [1.165, 1.54) is 14.2 Å². The highest BCUT2D eigenvalue weighted by Crippen LogP contribution is 2.35. The Morgan fingerprint density at radius 2 is 2.06 bits per heavy atom. The molecule has 0 saturated carbocycles. The Bertz CT molecular complexity index is 437. The van der Waals surface area contributed by atoms with E-state index in [0.717, 1.165) is 6.20 Å². The van der Waals surface area contributed by atoms with Crippen LogP contribution in [0.25, 0.3) is 0 Å². The first-order chi connectivity index (χ1) is 8.56. The number of methoxy groups -OCH3 is 2. The third-order valence-corrected chi connectivity index (χ3v) is 2.14. The molecule has 0 aliphatic rings. The van der Waals surface area contributed by atoms with Crippen LogP contribution in [-0.4, -0.2) is 31.8 Å². The van der Waals surface area contributed by atoms with E-state index in [0.29, 0.717) is 0 Å². The lowest BCUT2D eigenvalue weighted by Gasteiger charge is -2.14. The second kappa shape index (κ2) is 6.13. The van der Waals surface area contributed by atoms with Crippen LogP contribution < -0.4 is 9.47 Å². The molecule has 1 aromatic heterocycles. The minimum Gasteiger partial charge on any atom is -0.492 e. The molecule has 0 unspecified atom stereocenters. The van der Waals surface area contributed by atoms with E-state index in [2.05, 4.69) is 4.98 Å². The van der Waals surface area contributed by atoms with E-state index in [-0.39, 0.29) is 18.1 Å². The van der Waals surface area contributed by atoms with Crippen molar-refractivity contribution in [2.75, 3.05) is 20.8 Å². The average Bonchev–Trinajstić information content (AvgIpc) is 2.36. The lowest BCUT2D eigenvalue weighted by atomic mass is 10.1. The van der Waals surface area contributed by atoms with Gasteiger partial charge >= 0.3 is 5.97 Å². The van der Waals surface area contributed by atoms with Gasteiger partial charge in [0.15, 0.2) is 11.5 Å². The summed E-state index contributed by atoms with van der Waals surface area (Å²) in [5, 5.41) is 0. The Hall–Kier alpha value is -1.92. The number of ether oxygens (including phenoxy) is 3. The van der Waals surface area contributed by atoms with Gasteiger partial charge in [-0.2, -0.15) is 0 Å². The third-order valence-electron chi connectivity index (χ3n) is 2.14. The van der Waals surface area contributed by atoms with Crippen LogP contribution in [0, 0.1) is 0 Å². The summed E-state index contributed by atoms with van der Waals surface area (Å²) in [4.78, 5) is 15.2. The second-order valence-corrected chi connectivity index (χ2v) is 3.14. The minimum absolute atomic E-state index is 0.0574. The van der Waals surface area contributed by atoms with Crippen molar-refractivity contribution in [3.63, 3.8) is 0 Å². The summed E-state index contributed by atoms with van der Waals surface area (Å²) in [7, 11) is 2.56. The summed E-state index contributed by atoms with van der Waals surface area (Å²) in [6, 6.07) is 0. The number of carbonyl (C=O) groups is 1. The molecule has 5 nitrogen and oxygen atoms in total. The lowest BCUT2D eigenvalue weighted by Crippen LogP contribution is -2.13. The highest BCUT2D eigenvalue weighted by atomic mass is 19.3. The number of aromatic nitrogens is 1. The number of pyridine rings is 1. The predicted octanol–water partition coefficient (Wildman–Crippen LogP) is 2.21. The normalized spacial score (nSPS) is 10.3. The molecule has 0 fully saturated rings. The Morgan fingerprint density at radius 3 is 2.50 bits per heavy atom. The fourth-order valence-corrected chi connectivity index (χ4v) is 1.40. The smallest absolute Gasteiger partial charge is 0.344 e. The highest BCUT2D eigenvalue weighted by molar-refractivity contribution is 5.94. The largest absolute Gasteiger partial charge is 0.492 e. The van der Waals surface area contributed by atoms with Crippen molar-refractivity contribution in [3.05, 3.63) is 17.5 Å². The van der Waals surface area contributed by atoms with Gasteiger partial charge in [0, 0.05) is 0 Å². The quantitative estimate of drug-likeness (QED) is 0.760. The molecule has 100 valence electrons. The summed E-state index contributed by atoms with van der Waals surface area (Å²) < 4.78 is 40.2. The highest BCUT2D eigenvalue weighted by Gasteiger charge is 2.28. The standard InChI is InChI=1S/C11H13F2NO4/c1-4-18-11(15)7-8(10(12)13)14-5-6(16-2)9(7)17-3/h5,10H,4H2,1-3H3. The van der Waals surface area contributed by atoms with Crippen molar-refractivity contribution in [3.8, 4) is 11.5 Å². The molecule has 0 spiro atoms. The van der Waals surface area contributed by atoms with Crippen LogP contribution >= 0.6 is 0 Å². The van der Waals surface area contributed by atoms with Gasteiger partial charge in [-0.15, -0.1) is 0 Å². The third kappa shape index (κ3) is 2.66. The van der Waals surface area contributed by atoms with Crippen molar-refractivity contribution >= 4 is 5.97 Å². The first-order valence-electron chi connectivity index (χ1n) is 5.12. The fourth-order valence-electron chi connectivity index (χ4n) is 1.40. The maximum Gasteiger partial charge on any atom is 0.344 e. The minimum atomic E-state index is -2.91. The number of rotatable bonds is 5. The molecule has 1 heterocycles. The van der Waals surface area contributed by atoms with Gasteiger partial charge in [-0.3, -0.25) is 4.98 Å². The van der Waals surface area contributed by atoms with Gasteiger partial charge < -0.3 is 14.2 Å². The molecule has 1 aromatic rings. The van der Waals surface area contributed by atoms with E-state index in [1.807, 2.05) is 0 Å². The van der Waals surface area contributed by atoms with E-state index in [9.17, 15) is 13.6 Å². The van der Waals surface area contributed by atoms with Crippen LogP contribution in [0.5, 0.6) is 11.5 Å². The molecule has 0 aromatic carbocycles. The van der Waals surface area contributed by atoms with Crippen molar-refractivity contribution in [1.29, 1.82) is 0 Å². The average molecular weight is 261 g/mol. The fraction of sp³-hybridized carbons (Fsp3) is 0.455. The maximum absolute atomic E-state index is 12.8. The van der Waals surface area contributed by atoms with Crippen LogP contribution in [-0.2, 0) is 4.74 Å². The molecular weight excluding hydrogens is 248 g/mol. The molecule has 0 amide bonds. The van der Waals surface area contributed by atoms with Gasteiger partial charge in [0.1, 0.15) is 11.3 Å². The second-order valence-electron chi connectivity index (χ2n) is 3.14. The summed E-state index contributed by atoms with van der Waals surface area (Å²) in [6.07, 6.45) is -1.84. The molecule has 0 aliphatic heterocycles. The van der Waals surface area contributed by atoms with E-state index in [1.54, 1.807) is 6.92 Å². The van der Waals surface area contributed by atoms with Gasteiger partial charge in [0.25, 0.3) is 6.43 Å². The maximum atomic E-state index is 12.8. The molecule has 0 saturated heterocycles. The van der Waals surface area contributed by atoms with E-state index >= 15 is 0 Å². The van der Waals surface area contributed by atoms with Gasteiger partial charge in [0.2, 0.25) is 0 Å². The summed E-state index contributed by atoms with van der Waals surface area (Å²) >= 11 is 0. The molecule has 18 heavy (non-hydrogen) atoms.